The molecule has 174 valence electrons. The number of piperidine rings is 1. The number of carbonyl (C=O) groups excluding carboxylic acids is 1. The van der Waals surface area contributed by atoms with Gasteiger partial charge in [0.1, 0.15) is 12.0 Å². The van der Waals surface area contributed by atoms with Crippen LogP contribution in [0.4, 0.5) is 17.6 Å². The third-order valence-corrected chi connectivity index (χ3v) is 5.32. The topological polar surface area (TPSA) is 71.9 Å². The predicted octanol–water partition coefficient (Wildman–Crippen LogP) is 4.43. The summed E-state index contributed by atoms with van der Waals surface area (Å²) in [5.41, 5.74) is -0.265. The first kappa shape index (κ1) is 24.4. The van der Waals surface area contributed by atoms with E-state index in [0.717, 1.165) is 24.6 Å². The second-order valence-electron chi connectivity index (χ2n) is 7.82. The maximum Gasteiger partial charge on any atom is 0.416 e. The van der Waals surface area contributed by atoms with Gasteiger partial charge >= 0.3 is 6.18 Å². The number of carbonyl (C=O) groups is 1. The average molecular weight is 461 g/mol. The van der Waals surface area contributed by atoms with Gasteiger partial charge in [0.2, 0.25) is 0 Å². The summed E-state index contributed by atoms with van der Waals surface area (Å²) in [5, 5.41) is 0. The Morgan fingerprint density at radius 3 is 2.45 bits per heavy atom. The maximum absolute atomic E-state index is 14.5. The largest absolute Gasteiger partial charge is 0.416 e. The highest BCUT2D eigenvalue weighted by Crippen LogP contribution is 2.32. The molecule has 0 atom stereocenters. The first-order valence-corrected chi connectivity index (χ1v) is 10.3. The van der Waals surface area contributed by atoms with Crippen LogP contribution in [-0.2, 0) is 12.6 Å². The number of likely N-dealkylation sites (tertiary alicyclic amines) is 1. The molecule has 4 heterocycles. The molecule has 0 bridgehead atoms. The Bertz CT molecular complexity index is 1050. The summed E-state index contributed by atoms with van der Waals surface area (Å²) in [5.74, 6) is 0. The molecule has 1 fully saturated rings. The van der Waals surface area contributed by atoms with Gasteiger partial charge in [-0.05, 0) is 50.2 Å². The Hall–Kier alpha value is -3.27. The Labute approximate surface area is 188 Å². The van der Waals surface area contributed by atoms with Crippen molar-refractivity contribution in [1.82, 2.24) is 24.8 Å². The molecular formula is C23H23F4N5O. The molecule has 1 aliphatic heterocycles. The molecule has 3 aromatic heterocycles. The van der Waals surface area contributed by atoms with Crippen molar-refractivity contribution in [2.45, 2.75) is 31.1 Å². The minimum atomic E-state index is -4.41. The molecule has 0 saturated carbocycles. The molecular weight excluding hydrogens is 438 g/mol. The Balaban J connectivity index is 0.000000194. The first-order chi connectivity index (χ1) is 15.7. The molecule has 4 rings (SSSR count). The van der Waals surface area contributed by atoms with Crippen molar-refractivity contribution in [3.8, 4) is 11.4 Å². The quantitative estimate of drug-likeness (QED) is 0.423. The molecule has 0 amide bonds. The van der Waals surface area contributed by atoms with Gasteiger partial charge in [0.25, 0.3) is 0 Å². The van der Waals surface area contributed by atoms with Crippen molar-refractivity contribution in [1.29, 1.82) is 0 Å². The van der Waals surface area contributed by atoms with Crippen LogP contribution in [-0.4, -0.2) is 56.9 Å². The van der Waals surface area contributed by atoms with Gasteiger partial charge in [0.05, 0.1) is 17.0 Å². The molecule has 0 aliphatic carbocycles. The van der Waals surface area contributed by atoms with Crippen LogP contribution in [0, 0.1) is 0 Å². The van der Waals surface area contributed by atoms with Gasteiger partial charge < -0.3 is 4.90 Å². The lowest BCUT2D eigenvalue weighted by Crippen LogP contribution is -2.41. The van der Waals surface area contributed by atoms with Crippen LogP contribution < -0.4 is 0 Å². The number of halogens is 4. The van der Waals surface area contributed by atoms with Gasteiger partial charge in [-0.1, -0.05) is 0 Å². The smallest absolute Gasteiger partial charge is 0.306 e. The zero-order valence-corrected chi connectivity index (χ0v) is 18.0. The molecule has 1 aliphatic rings. The fraction of sp³-hybridized carbons (Fsp3) is 0.348. The lowest BCUT2D eigenvalue weighted by molar-refractivity contribution is -0.137. The maximum atomic E-state index is 14.5. The second-order valence-corrected chi connectivity index (χ2v) is 7.82. The molecule has 10 heteroatoms. The van der Waals surface area contributed by atoms with E-state index in [1.165, 1.54) is 6.33 Å². The number of alkyl halides is 4. The second kappa shape index (κ2) is 10.6. The number of rotatable bonds is 4. The Morgan fingerprint density at radius 1 is 1.06 bits per heavy atom. The van der Waals surface area contributed by atoms with E-state index in [9.17, 15) is 22.4 Å². The molecule has 0 radical (unpaired) electrons. The summed E-state index contributed by atoms with van der Waals surface area (Å²) >= 11 is 0. The minimum Gasteiger partial charge on any atom is -0.306 e. The molecule has 0 aromatic carbocycles. The summed E-state index contributed by atoms with van der Waals surface area (Å²) in [7, 11) is 1.90. The highest BCUT2D eigenvalue weighted by Gasteiger charge is 2.35. The van der Waals surface area contributed by atoms with E-state index >= 15 is 0 Å². The van der Waals surface area contributed by atoms with Gasteiger partial charge in [-0.3, -0.25) is 14.8 Å². The number of aromatic nitrogens is 4. The fourth-order valence-corrected chi connectivity index (χ4v) is 3.43. The number of nitrogens with zero attached hydrogens (tertiary/aromatic N) is 5. The van der Waals surface area contributed by atoms with Gasteiger partial charge in [-0.25, -0.2) is 14.4 Å². The number of hydrogen-bond donors (Lipinski definition) is 0. The normalized spacial score (nSPS) is 15.9. The van der Waals surface area contributed by atoms with Gasteiger partial charge in [-0.15, -0.1) is 0 Å². The standard InChI is InChI=1S/C13H16F4N2.C10H7N3O/c1-19-6-3-12(14,4-7-19)9-11-8-10(2-5-18-11)13(15,16)17;14-6-8-2-1-4-12-10(8)9-3-5-11-7-13-9/h2,5,8H,3-4,6-7,9H2,1H3;1-7H. The van der Waals surface area contributed by atoms with Gasteiger partial charge in [-0.2, -0.15) is 13.2 Å². The monoisotopic (exact) mass is 461 g/mol. The van der Waals surface area contributed by atoms with Crippen LogP contribution in [0.3, 0.4) is 0 Å². The van der Waals surface area contributed by atoms with E-state index in [-0.39, 0.29) is 12.1 Å². The number of aldehydes is 1. The SMILES string of the molecule is CN1CCC(F)(Cc2cc(C(F)(F)F)ccn2)CC1.O=Cc1cccnc1-c1ccncn1. The van der Waals surface area contributed by atoms with E-state index in [4.69, 9.17) is 0 Å². The van der Waals surface area contributed by atoms with Crippen molar-refractivity contribution >= 4 is 6.29 Å². The third-order valence-electron chi connectivity index (χ3n) is 5.32. The zero-order chi connectivity index (χ0) is 23.9. The highest BCUT2D eigenvalue weighted by atomic mass is 19.4. The average Bonchev–Trinajstić information content (AvgIpc) is 2.82. The van der Waals surface area contributed by atoms with Crippen molar-refractivity contribution in [2.75, 3.05) is 20.1 Å². The molecule has 3 aromatic rings. The lowest BCUT2D eigenvalue weighted by atomic mass is 9.88. The number of pyridine rings is 2. The van der Waals surface area contributed by atoms with E-state index in [1.807, 2.05) is 11.9 Å². The molecule has 0 spiro atoms. The number of hydrogen-bond acceptors (Lipinski definition) is 6. The van der Waals surface area contributed by atoms with E-state index in [0.29, 0.717) is 42.9 Å². The lowest BCUT2D eigenvalue weighted by Gasteiger charge is -2.34. The van der Waals surface area contributed by atoms with Gasteiger partial charge in [0, 0.05) is 49.4 Å². The zero-order valence-electron chi connectivity index (χ0n) is 18.0. The van der Waals surface area contributed by atoms with Crippen LogP contribution in [0.2, 0.25) is 0 Å². The van der Waals surface area contributed by atoms with Crippen molar-refractivity contribution in [3.05, 3.63) is 72.1 Å². The molecule has 6 nitrogen and oxygen atoms in total. The van der Waals surface area contributed by atoms with Crippen molar-refractivity contribution in [2.24, 2.45) is 0 Å². The van der Waals surface area contributed by atoms with E-state index < -0.39 is 17.4 Å². The summed E-state index contributed by atoms with van der Waals surface area (Å²) in [4.78, 5) is 28.5. The summed E-state index contributed by atoms with van der Waals surface area (Å²) in [6.07, 6.45) is 2.75. The summed E-state index contributed by atoms with van der Waals surface area (Å²) in [6, 6.07) is 6.99. The summed E-state index contributed by atoms with van der Waals surface area (Å²) in [6.45, 7) is 1.24. The van der Waals surface area contributed by atoms with Crippen LogP contribution >= 0.6 is 0 Å². The molecule has 33 heavy (non-hydrogen) atoms. The van der Waals surface area contributed by atoms with E-state index in [1.54, 1.807) is 30.6 Å². The Kier molecular flexibility index (Phi) is 7.80. The van der Waals surface area contributed by atoms with Crippen LogP contribution in [0.15, 0.2) is 55.2 Å². The third kappa shape index (κ3) is 6.85. The Morgan fingerprint density at radius 2 is 1.82 bits per heavy atom. The van der Waals surface area contributed by atoms with Crippen LogP contribution in [0.5, 0.6) is 0 Å². The van der Waals surface area contributed by atoms with Crippen LogP contribution in [0.1, 0.15) is 34.5 Å². The van der Waals surface area contributed by atoms with Gasteiger partial charge in [0.15, 0.2) is 6.29 Å². The fourth-order valence-electron chi connectivity index (χ4n) is 3.43. The summed E-state index contributed by atoms with van der Waals surface area (Å²) < 4.78 is 52.2. The molecule has 0 N–H and O–H groups in total. The van der Waals surface area contributed by atoms with Crippen molar-refractivity contribution < 1.29 is 22.4 Å². The minimum absolute atomic E-state index is 0.0508. The predicted molar refractivity (Wildman–Crippen MR) is 114 cm³/mol. The van der Waals surface area contributed by atoms with Crippen molar-refractivity contribution in [3.63, 3.8) is 0 Å². The first-order valence-electron chi connectivity index (χ1n) is 10.3. The van der Waals surface area contributed by atoms with Crippen LogP contribution in [0.25, 0.3) is 11.4 Å². The van der Waals surface area contributed by atoms with E-state index in [2.05, 4.69) is 19.9 Å². The highest BCUT2D eigenvalue weighted by molar-refractivity contribution is 5.84. The molecule has 0 unspecified atom stereocenters. The molecule has 1 saturated heterocycles.